The van der Waals surface area contributed by atoms with Crippen LogP contribution in [0.25, 0.3) is 0 Å². The van der Waals surface area contributed by atoms with E-state index in [1.165, 1.54) is 0 Å². The Hall–Kier alpha value is -1.83. The topological polar surface area (TPSA) is 116 Å². The van der Waals surface area contributed by atoms with Crippen LogP contribution in [0.15, 0.2) is 0 Å². The molecule has 3 amide bonds. The summed E-state index contributed by atoms with van der Waals surface area (Å²) in [5, 5.41) is 11.3. The van der Waals surface area contributed by atoms with E-state index < -0.39 is 30.4 Å². The minimum absolute atomic E-state index is 0.410. The molecule has 1 saturated heterocycles. The van der Waals surface area contributed by atoms with Crippen molar-refractivity contribution in [1.29, 1.82) is 0 Å². The fourth-order valence-electron chi connectivity index (χ4n) is 2.08. The van der Waals surface area contributed by atoms with Crippen LogP contribution in [0.5, 0.6) is 0 Å². The van der Waals surface area contributed by atoms with Gasteiger partial charge in [0, 0.05) is 32.2 Å². The molecule has 1 heterocycles. The molecular formula is C12H22N4O4. The van der Waals surface area contributed by atoms with Gasteiger partial charge in [-0.15, -0.1) is 0 Å². The van der Waals surface area contributed by atoms with Crippen molar-refractivity contribution < 1.29 is 19.5 Å². The molecule has 0 aromatic carbocycles. The van der Waals surface area contributed by atoms with E-state index in [0.29, 0.717) is 19.1 Å². The smallest absolute Gasteiger partial charge is 0.326 e. The van der Waals surface area contributed by atoms with E-state index in [0.717, 1.165) is 13.1 Å². The molecule has 0 saturated carbocycles. The number of piperazine rings is 1. The molecule has 1 fully saturated rings. The third kappa shape index (κ3) is 4.69. The Labute approximate surface area is 117 Å². The second-order valence-electron chi connectivity index (χ2n) is 5.13. The molecule has 20 heavy (non-hydrogen) atoms. The average Bonchev–Trinajstić information content (AvgIpc) is 2.37. The highest BCUT2D eigenvalue weighted by atomic mass is 16.4. The van der Waals surface area contributed by atoms with Crippen LogP contribution in [-0.2, 0) is 9.59 Å². The summed E-state index contributed by atoms with van der Waals surface area (Å²) in [5.41, 5.74) is 4.96. The molecule has 0 spiro atoms. The summed E-state index contributed by atoms with van der Waals surface area (Å²) in [6.45, 7) is 6.74. The average molecular weight is 286 g/mol. The largest absolute Gasteiger partial charge is 0.480 e. The van der Waals surface area contributed by atoms with Gasteiger partial charge in [0.25, 0.3) is 0 Å². The molecule has 8 heteroatoms. The lowest BCUT2D eigenvalue weighted by atomic mass is 10.2. The van der Waals surface area contributed by atoms with Crippen molar-refractivity contribution >= 4 is 17.9 Å². The first-order valence-corrected chi connectivity index (χ1v) is 6.62. The zero-order valence-corrected chi connectivity index (χ0v) is 11.8. The zero-order valence-electron chi connectivity index (χ0n) is 11.8. The summed E-state index contributed by atoms with van der Waals surface area (Å²) >= 11 is 0. The highest BCUT2D eigenvalue weighted by molar-refractivity contribution is 5.87. The van der Waals surface area contributed by atoms with Crippen LogP contribution < -0.4 is 11.1 Å². The summed E-state index contributed by atoms with van der Waals surface area (Å²) in [7, 11) is 0. The summed E-state index contributed by atoms with van der Waals surface area (Å²) in [4.78, 5) is 37.5. The van der Waals surface area contributed by atoms with Gasteiger partial charge >= 0.3 is 12.0 Å². The lowest BCUT2D eigenvalue weighted by Gasteiger charge is -2.37. The van der Waals surface area contributed by atoms with Crippen LogP contribution in [0, 0.1) is 0 Å². The molecular weight excluding hydrogens is 264 g/mol. The highest BCUT2D eigenvalue weighted by Crippen LogP contribution is 2.06. The van der Waals surface area contributed by atoms with Gasteiger partial charge in [-0.3, -0.25) is 9.69 Å². The molecule has 8 nitrogen and oxygen atoms in total. The zero-order chi connectivity index (χ0) is 15.3. The van der Waals surface area contributed by atoms with E-state index in [1.54, 1.807) is 4.90 Å². The number of aliphatic carboxylic acids is 1. The van der Waals surface area contributed by atoms with Crippen LogP contribution in [0.1, 0.15) is 20.3 Å². The van der Waals surface area contributed by atoms with Crippen LogP contribution in [-0.4, -0.2) is 71.1 Å². The number of primary amides is 1. The number of carboxylic acid groups (broad SMARTS) is 1. The maximum absolute atomic E-state index is 12.0. The second kappa shape index (κ2) is 7.09. The van der Waals surface area contributed by atoms with Crippen molar-refractivity contribution in [3.8, 4) is 0 Å². The summed E-state index contributed by atoms with van der Waals surface area (Å²) in [6, 6.07) is -1.33. The SMILES string of the molecule is CC(C)N1CCN(C(=O)NC(CC(N)=O)C(=O)O)CC1. The first kappa shape index (κ1) is 16.2. The molecule has 1 atom stereocenters. The molecule has 0 aromatic heterocycles. The summed E-state index contributed by atoms with van der Waals surface area (Å²) in [6.07, 6.45) is -0.410. The first-order valence-electron chi connectivity index (χ1n) is 6.62. The number of amides is 3. The second-order valence-corrected chi connectivity index (χ2v) is 5.13. The molecule has 1 rings (SSSR count). The summed E-state index contributed by atoms with van der Waals surface area (Å²) < 4.78 is 0. The van der Waals surface area contributed by atoms with Crippen LogP contribution in [0.3, 0.4) is 0 Å². The van der Waals surface area contributed by atoms with Gasteiger partial charge in [-0.25, -0.2) is 9.59 Å². The Morgan fingerprint density at radius 3 is 2.15 bits per heavy atom. The normalized spacial score (nSPS) is 17.9. The number of urea groups is 1. The standard InChI is InChI=1S/C12H22N4O4/c1-8(2)15-3-5-16(6-4-15)12(20)14-9(11(18)19)7-10(13)17/h8-9H,3-7H2,1-2H3,(H2,13,17)(H,14,20)(H,18,19). The Morgan fingerprint density at radius 2 is 1.75 bits per heavy atom. The molecule has 0 aromatic rings. The van der Waals surface area contributed by atoms with Crippen molar-refractivity contribution in [3.05, 3.63) is 0 Å². The van der Waals surface area contributed by atoms with Gasteiger partial charge < -0.3 is 21.1 Å². The van der Waals surface area contributed by atoms with Crippen LogP contribution >= 0.6 is 0 Å². The Morgan fingerprint density at radius 1 is 1.20 bits per heavy atom. The number of nitrogens with two attached hydrogens (primary N) is 1. The third-order valence-corrected chi connectivity index (χ3v) is 3.33. The molecule has 1 aliphatic rings. The van der Waals surface area contributed by atoms with Gasteiger partial charge in [0.1, 0.15) is 6.04 Å². The number of carbonyl (C=O) groups excluding carboxylic acids is 2. The van der Waals surface area contributed by atoms with Gasteiger partial charge in [0.15, 0.2) is 0 Å². The van der Waals surface area contributed by atoms with E-state index in [2.05, 4.69) is 24.1 Å². The predicted octanol–water partition coefficient (Wildman–Crippen LogP) is -0.949. The molecule has 0 bridgehead atoms. The molecule has 4 N–H and O–H groups in total. The van der Waals surface area contributed by atoms with Gasteiger partial charge in [-0.1, -0.05) is 0 Å². The minimum atomic E-state index is -1.27. The van der Waals surface area contributed by atoms with Crippen molar-refractivity contribution in [1.82, 2.24) is 15.1 Å². The lowest BCUT2D eigenvalue weighted by Crippen LogP contribution is -2.56. The minimum Gasteiger partial charge on any atom is -0.480 e. The molecule has 0 aliphatic carbocycles. The van der Waals surface area contributed by atoms with Gasteiger partial charge in [0.2, 0.25) is 5.91 Å². The molecule has 1 unspecified atom stereocenters. The number of nitrogens with one attached hydrogen (secondary N) is 1. The van der Waals surface area contributed by atoms with Gasteiger partial charge in [-0.05, 0) is 13.8 Å². The quantitative estimate of drug-likeness (QED) is 0.602. The fourth-order valence-corrected chi connectivity index (χ4v) is 2.08. The molecule has 114 valence electrons. The van der Waals surface area contributed by atoms with Crippen molar-refractivity contribution in [2.45, 2.75) is 32.4 Å². The van der Waals surface area contributed by atoms with Crippen LogP contribution in [0.4, 0.5) is 4.79 Å². The van der Waals surface area contributed by atoms with Crippen molar-refractivity contribution in [3.63, 3.8) is 0 Å². The van der Waals surface area contributed by atoms with E-state index >= 15 is 0 Å². The number of hydrogen-bond donors (Lipinski definition) is 3. The van der Waals surface area contributed by atoms with E-state index in [9.17, 15) is 14.4 Å². The third-order valence-electron chi connectivity index (χ3n) is 3.33. The highest BCUT2D eigenvalue weighted by Gasteiger charge is 2.27. The monoisotopic (exact) mass is 286 g/mol. The van der Waals surface area contributed by atoms with Crippen molar-refractivity contribution in [2.75, 3.05) is 26.2 Å². The Kier molecular flexibility index (Phi) is 5.75. The molecule has 1 aliphatic heterocycles. The van der Waals surface area contributed by atoms with E-state index in [-0.39, 0.29) is 0 Å². The number of carbonyl (C=O) groups is 3. The van der Waals surface area contributed by atoms with Gasteiger partial charge in [-0.2, -0.15) is 0 Å². The maximum Gasteiger partial charge on any atom is 0.326 e. The Bertz CT molecular complexity index is 378. The predicted molar refractivity (Wildman–Crippen MR) is 72.0 cm³/mol. The Balaban J connectivity index is 2.50. The van der Waals surface area contributed by atoms with Crippen LogP contribution in [0.2, 0.25) is 0 Å². The summed E-state index contributed by atoms with van der Waals surface area (Å²) in [5.74, 6) is -2.03. The first-order chi connectivity index (χ1) is 9.31. The maximum atomic E-state index is 12.0. The van der Waals surface area contributed by atoms with E-state index in [1.807, 2.05) is 0 Å². The fraction of sp³-hybridized carbons (Fsp3) is 0.750. The number of carboxylic acids is 1. The number of nitrogens with zero attached hydrogens (tertiary/aromatic N) is 2. The number of hydrogen-bond acceptors (Lipinski definition) is 4. The molecule has 0 radical (unpaired) electrons. The van der Waals surface area contributed by atoms with Crippen molar-refractivity contribution in [2.24, 2.45) is 5.73 Å². The lowest BCUT2D eigenvalue weighted by molar-refractivity contribution is -0.141. The van der Waals surface area contributed by atoms with E-state index in [4.69, 9.17) is 10.8 Å². The van der Waals surface area contributed by atoms with Gasteiger partial charge in [0.05, 0.1) is 6.42 Å². The number of rotatable bonds is 5.